The summed E-state index contributed by atoms with van der Waals surface area (Å²) in [6.45, 7) is 0.388. The number of carbonyl (C=O) groups excluding carboxylic acids is 1. The van der Waals surface area contributed by atoms with E-state index in [4.69, 9.17) is 5.73 Å². The molecule has 1 amide bonds. The fourth-order valence-electron chi connectivity index (χ4n) is 0.898. The molecule has 0 aliphatic carbocycles. The van der Waals surface area contributed by atoms with Crippen LogP contribution in [-0.4, -0.2) is 44.1 Å². The fourth-order valence-corrected chi connectivity index (χ4v) is 1.09. The maximum atomic E-state index is 10.8. The zero-order valence-corrected chi connectivity index (χ0v) is 8.57. The average molecular weight is 254 g/mol. The third kappa shape index (κ3) is 5.47. The molecular formula is C8H11N2NaO4S. The van der Waals surface area contributed by atoms with Gasteiger partial charge in [0.15, 0.2) is 0 Å². The van der Waals surface area contributed by atoms with Crippen molar-refractivity contribution in [3.05, 3.63) is 29.8 Å². The minimum atomic E-state index is -2.99. The van der Waals surface area contributed by atoms with Gasteiger partial charge >= 0.3 is 35.7 Å². The summed E-state index contributed by atoms with van der Waals surface area (Å²) in [5.74, 6) is 0.251. The van der Waals surface area contributed by atoms with Crippen molar-refractivity contribution in [2.24, 2.45) is 5.73 Å². The SMILES string of the molecule is NCc1ccc(OC(=O)N[SH](=O)=O)cc1.[NaH]. The van der Waals surface area contributed by atoms with Gasteiger partial charge in [-0.05, 0) is 17.7 Å². The Morgan fingerprint density at radius 1 is 1.31 bits per heavy atom. The summed E-state index contributed by atoms with van der Waals surface area (Å²) >= 11 is 0. The van der Waals surface area contributed by atoms with Crippen LogP contribution >= 0.6 is 0 Å². The van der Waals surface area contributed by atoms with Crippen molar-refractivity contribution in [3.8, 4) is 5.75 Å². The van der Waals surface area contributed by atoms with Crippen LogP contribution in [0.15, 0.2) is 24.3 Å². The monoisotopic (exact) mass is 254 g/mol. The minimum absolute atomic E-state index is 0. The second kappa shape index (κ2) is 7.64. The number of nitrogens with two attached hydrogens (primary N) is 1. The van der Waals surface area contributed by atoms with Gasteiger partial charge in [-0.15, -0.1) is 0 Å². The third-order valence-electron chi connectivity index (χ3n) is 1.55. The van der Waals surface area contributed by atoms with Gasteiger partial charge in [-0.3, -0.25) is 0 Å². The molecule has 0 aliphatic heterocycles. The second-order valence-electron chi connectivity index (χ2n) is 2.61. The van der Waals surface area contributed by atoms with E-state index in [1.165, 1.54) is 12.1 Å². The first-order valence-corrected chi connectivity index (χ1v) is 5.21. The summed E-state index contributed by atoms with van der Waals surface area (Å²) in [5.41, 5.74) is 6.25. The number of carbonyl (C=O) groups is 1. The molecule has 0 saturated carbocycles. The fraction of sp³-hybridized carbons (Fsp3) is 0.125. The van der Waals surface area contributed by atoms with Crippen LogP contribution in [-0.2, 0) is 17.4 Å². The molecule has 8 heteroatoms. The molecule has 84 valence electrons. The molecule has 0 aliphatic rings. The molecule has 0 fully saturated rings. The topological polar surface area (TPSA) is 98.5 Å². The van der Waals surface area contributed by atoms with E-state index < -0.39 is 17.0 Å². The van der Waals surface area contributed by atoms with Gasteiger partial charge in [-0.1, -0.05) is 12.1 Å². The van der Waals surface area contributed by atoms with E-state index in [-0.39, 0.29) is 35.3 Å². The van der Waals surface area contributed by atoms with Crippen LogP contribution in [0, 0.1) is 0 Å². The number of hydrogen-bond acceptors (Lipinski definition) is 5. The molecule has 1 rings (SSSR count). The van der Waals surface area contributed by atoms with Crippen LogP contribution in [0.1, 0.15) is 5.56 Å². The Morgan fingerprint density at radius 3 is 2.31 bits per heavy atom. The summed E-state index contributed by atoms with van der Waals surface area (Å²) in [5, 5.41) is 0. The molecule has 3 N–H and O–H groups in total. The van der Waals surface area contributed by atoms with E-state index in [2.05, 4.69) is 4.74 Å². The third-order valence-corrected chi connectivity index (χ3v) is 1.92. The molecule has 0 unspecified atom stereocenters. The van der Waals surface area contributed by atoms with Crippen molar-refractivity contribution < 1.29 is 17.9 Å². The second-order valence-corrected chi connectivity index (χ2v) is 3.34. The molecule has 0 saturated heterocycles. The van der Waals surface area contributed by atoms with Crippen molar-refractivity contribution in [2.45, 2.75) is 6.54 Å². The Labute approximate surface area is 117 Å². The van der Waals surface area contributed by atoms with Crippen molar-refractivity contribution >= 4 is 46.5 Å². The number of benzene rings is 1. The van der Waals surface area contributed by atoms with Crippen molar-refractivity contribution in [2.75, 3.05) is 0 Å². The van der Waals surface area contributed by atoms with Crippen LogP contribution < -0.4 is 15.2 Å². The Hall–Kier alpha value is -0.600. The summed E-state index contributed by atoms with van der Waals surface area (Å²) in [6.07, 6.45) is -1.04. The average Bonchev–Trinajstić information content (AvgIpc) is 2.17. The Kier molecular flexibility index (Phi) is 7.35. The zero-order valence-electron chi connectivity index (χ0n) is 7.67. The molecule has 0 heterocycles. The number of hydrogen-bond donors (Lipinski definition) is 3. The predicted octanol–water partition coefficient (Wildman–Crippen LogP) is -0.888. The maximum absolute atomic E-state index is 10.8. The van der Waals surface area contributed by atoms with Gasteiger partial charge in [0, 0.05) is 6.54 Å². The Bertz CT molecular complexity index is 411. The number of amides is 1. The quantitative estimate of drug-likeness (QED) is 0.480. The molecule has 0 atom stereocenters. The van der Waals surface area contributed by atoms with E-state index in [0.29, 0.717) is 6.54 Å². The van der Waals surface area contributed by atoms with E-state index in [1.807, 2.05) is 0 Å². The number of nitrogens with one attached hydrogen (secondary N) is 1. The van der Waals surface area contributed by atoms with Crippen molar-refractivity contribution in [1.29, 1.82) is 0 Å². The van der Waals surface area contributed by atoms with Crippen molar-refractivity contribution in [1.82, 2.24) is 4.72 Å². The number of thiol groups is 1. The number of ether oxygens (including phenoxy) is 1. The van der Waals surface area contributed by atoms with Gasteiger partial charge in [0.1, 0.15) is 5.75 Å². The molecule has 6 nitrogen and oxygen atoms in total. The van der Waals surface area contributed by atoms with E-state index in [1.54, 1.807) is 16.9 Å². The van der Waals surface area contributed by atoms with Gasteiger partial charge in [-0.25, -0.2) is 17.9 Å². The molecule has 0 aromatic heterocycles. The van der Waals surface area contributed by atoms with Crippen LogP contribution in [0.2, 0.25) is 0 Å². The standard InChI is InChI=1S/C8H10N2O4S.Na.H/c9-5-6-1-3-7(4-2-6)14-8(11)10-15(12)13;;/h1-4,15H,5,9H2,(H,10,11,12,13);;. The molecule has 1 aromatic carbocycles. The van der Waals surface area contributed by atoms with Crippen LogP contribution in [0.25, 0.3) is 0 Å². The molecule has 0 radical (unpaired) electrons. The van der Waals surface area contributed by atoms with Crippen molar-refractivity contribution in [3.63, 3.8) is 0 Å². The Balaban J connectivity index is 0.00000225. The molecule has 16 heavy (non-hydrogen) atoms. The molecule has 0 spiro atoms. The first-order valence-electron chi connectivity index (χ1n) is 4.03. The van der Waals surface area contributed by atoms with Gasteiger partial charge in [-0.2, -0.15) is 0 Å². The first kappa shape index (κ1) is 15.4. The molecule has 1 aromatic rings. The van der Waals surface area contributed by atoms with Crippen LogP contribution in [0.3, 0.4) is 0 Å². The summed E-state index contributed by atoms with van der Waals surface area (Å²) in [7, 11) is -2.99. The molecule has 0 bridgehead atoms. The zero-order chi connectivity index (χ0) is 11.3. The Morgan fingerprint density at radius 2 is 1.88 bits per heavy atom. The van der Waals surface area contributed by atoms with Crippen LogP contribution in [0.5, 0.6) is 5.75 Å². The predicted molar refractivity (Wildman–Crippen MR) is 61.0 cm³/mol. The van der Waals surface area contributed by atoms with E-state index >= 15 is 0 Å². The summed E-state index contributed by atoms with van der Waals surface area (Å²) < 4.78 is 26.5. The molecular weight excluding hydrogens is 243 g/mol. The van der Waals surface area contributed by atoms with Gasteiger partial charge in [0.05, 0.1) is 0 Å². The summed E-state index contributed by atoms with van der Waals surface area (Å²) in [4.78, 5) is 10.8. The van der Waals surface area contributed by atoms with Crippen LogP contribution in [0.4, 0.5) is 4.79 Å². The van der Waals surface area contributed by atoms with Gasteiger partial charge in [0.25, 0.3) is 0 Å². The number of rotatable bonds is 3. The van der Waals surface area contributed by atoms with Gasteiger partial charge < -0.3 is 10.5 Å². The van der Waals surface area contributed by atoms with Gasteiger partial charge in [0.2, 0.25) is 10.9 Å². The van der Waals surface area contributed by atoms with E-state index in [0.717, 1.165) is 5.56 Å². The normalized spacial score (nSPS) is 9.38. The first-order chi connectivity index (χ1) is 7.11. The summed E-state index contributed by atoms with van der Waals surface area (Å²) in [6, 6.07) is 6.42. The van der Waals surface area contributed by atoms with E-state index in [9.17, 15) is 13.2 Å².